The van der Waals surface area contributed by atoms with Crippen LogP contribution in [-0.2, 0) is 18.4 Å². The highest BCUT2D eigenvalue weighted by atomic mass is 16.2. The molecule has 2 N–H and O–H groups in total. The number of aromatic nitrogens is 2. The van der Waals surface area contributed by atoms with Crippen molar-refractivity contribution in [3.63, 3.8) is 0 Å². The number of urea groups is 1. The molecule has 1 aromatic carbocycles. The molecule has 0 bridgehead atoms. The summed E-state index contributed by atoms with van der Waals surface area (Å²) in [4.78, 5) is 26.6. The van der Waals surface area contributed by atoms with Gasteiger partial charge in [0.05, 0.1) is 6.20 Å². The second-order valence-electron chi connectivity index (χ2n) is 6.40. The van der Waals surface area contributed by atoms with Crippen LogP contribution in [0.2, 0.25) is 0 Å². The van der Waals surface area contributed by atoms with Crippen LogP contribution in [0.3, 0.4) is 0 Å². The van der Waals surface area contributed by atoms with Gasteiger partial charge in [0.1, 0.15) is 6.04 Å². The lowest BCUT2D eigenvalue weighted by molar-refractivity contribution is -0.133. The summed E-state index contributed by atoms with van der Waals surface area (Å²) in [5, 5.41) is 9.62. The molecule has 3 amide bonds. The first-order valence-electron chi connectivity index (χ1n) is 8.22. The molecule has 1 atom stereocenters. The maximum atomic E-state index is 12.7. The smallest absolute Gasteiger partial charge is 0.319 e. The summed E-state index contributed by atoms with van der Waals surface area (Å²) in [7, 11) is 3.55. The molecule has 0 fully saturated rings. The van der Waals surface area contributed by atoms with Crippen LogP contribution >= 0.6 is 0 Å². The third-order valence-electron chi connectivity index (χ3n) is 3.81. The molecule has 2 rings (SSSR count). The molecule has 0 radical (unpaired) electrons. The predicted octanol–water partition coefficient (Wildman–Crippen LogP) is 2.22. The van der Waals surface area contributed by atoms with E-state index >= 15 is 0 Å². The Bertz CT molecular complexity index is 711. The first kappa shape index (κ1) is 18.5. The third kappa shape index (κ3) is 5.34. The summed E-state index contributed by atoms with van der Waals surface area (Å²) < 4.78 is 1.69. The molecular weight excluding hydrogens is 318 g/mol. The van der Waals surface area contributed by atoms with Crippen molar-refractivity contribution in [2.75, 3.05) is 12.4 Å². The zero-order valence-electron chi connectivity index (χ0n) is 15.1. The number of amides is 3. The molecule has 0 saturated carbocycles. The number of benzene rings is 1. The summed E-state index contributed by atoms with van der Waals surface area (Å²) in [5.74, 6) is -0.174. The van der Waals surface area contributed by atoms with Crippen LogP contribution in [0.25, 0.3) is 0 Å². The number of hydrogen-bond acceptors (Lipinski definition) is 3. The number of likely N-dealkylation sites (N-methyl/N-ethyl adjacent to an activating group) is 1. The van der Waals surface area contributed by atoms with Gasteiger partial charge in [-0.3, -0.25) is 9.48 Å². The number of nitrogens with one attached hydrogen (secondary N) is 2. The van der Waals surface area contributed by atoms with E-state index in [1.165, 1.54) is 0 Å². The Hall–Kier alpha value is -2.83. The summed E-state index contributed by atoms with van der Waals surface area (Å²) in [6.07, 6.45) is 3.59. The van der Waals surface area contributed by atoms with Gasteiger partial charge in [0.2, 0.25) is 5.91 Å². The SMILES string of the molecule is CC(C)C(NC(=O)Nc1ccccc1)C(=O)N(C)Cc1cnn(C)c1. The molecule has 1 heterocycles. The van der Waals surface area contributed by atoms with Crippen molar-refractivity contribution >= 4 is 17.6 Å². The summed E-state index contributed by atoms with van der Waals surface area (Å²) in [5.41, 5.74) is 1.62. The number of carbonyl (C=O) groups is 2. The summed E-state index contributed by atoms with van der Waals surface area (Å²) in [6.45, 7) is 4.25. The maximum Gasteiger partial charge on any atom is 0.319 e. The molecule has 0 aliphatic heterocycles. The molecule has 2 aromatic rings. The number of rotatable bonds is 6. The Morgan fingerprint density at radius 3 is 2.48 bits per heavy atom. The molecule has 1 aromatic heterocycles. The molecule has 0 saturated heterocycles. The predicted molar refractivity (Wildman–Crippen MR) is 96.9 cm³/mol. The molecule has 0 spiro atoms. The topological polar surface area (TPSA) is 79.3 Å². The van der Waals surface area contributed by atoms with Crippen molar-refractivity contribution in [2.24, 2.45) is 13.0 Å². The van der Waals surface area contributed by atoms with Gasteiger partial charge < -0.3 is 15.5 Å². The second-order valence-corrected chi connectivity index (χ2v) is 6.40. The fraction of sp³-hybridized carbons (Fsp3) is 0.389. The zero-order chi connectivity index (χ0) is 18.4. The lowest BCUT2D eigenvalue weighted by Crippen LogP contribution is -2.51. The van der Waals surface area contributed by atoms with Crippen molar-refractivity contribution in [3.05, 3.63) is 48.3 Å². The standard InChI is InChI=1S/C18H25N5O2/c1-13(2)16(21-18(25)20-15-8-6-5-7-9-15)17(24)22(3)11-14-10-19-23(4)12-14/h5-10,12-13,16H,11H2,1-4H3,(H2,20,21,25). The lowest BCUT2D eigenvalue weighted by atomic mass is 10.0. The number of nitrogens with zero attached hydrogens (tertiary/aromatic N) is 3. The molecule has 1 unspecified atom stereocenters. The van der Waals surface area contributed by atoms with Gasteiger partial charge in [-0.05, 0) is 18.1 Å². The Morgan fingerprint density at radius 2 is 1.92 bits per heavy atom. The van der Waals surface area contributed by atoms with Crippen molar-refractivity contribution in [2.45, 2.75) is 26.4 Å². The van der Waals surface area contributed by atoms with E-state index in [1.807, 2.05) is 45.3 Å². The highest BCUT2D eigenvalue weighted by Crippen LogP contribution is 2.10. The van der Waals surface area contributed by atoms with Gasteiger partial charge in [-0.15, -0.1) is 0 Å². The Kier molecular flexibility index (Phi) is 6.16. The van der Waals surface area contributed by atoms with Crippen molar-refractivity contribution < 1.29 is 9.59 Å². The van der Waals surface area contributed by atoms with Crippen LogP contribution in [0.5, 0.6) is 0 Å². The van der Waals surface area contributed by atoms with Crippen LogP contribution in [0, 0.1) is 5.92 Å². The van der Waals surface area contributed by atoms with Crippen LogP contribution in [0.4, 0.5) is 10.5 Å². The quantitative estimate of drug-likeness (QED) is 0.844. The van der Waals surface area contributed by atoms with Gasteiger partial charge in [-0.1, -0.05) is 32.0 Å². The Morgan fingerprint density at radius 1 is 1.24 bits per heavy atom. The number of carbonyl (C=O) groups excluding carboxylic acids is 2. The van der Waals surface area contributed by atoms with E-state index in [9.17, 15) is 9.59 Å². The lowest BCUT2D eigenvalue weighted by Gasteiger charge is -2.27. The molecule has 7 nitrogen and oxygen atoms in total. The van der Waals surface area contributed by atoms with E-state index in [2.05, 4.69) is 15.7 Å². The third-order valence-corrected chi connectivity index (χ3v) is 3.81. The van der Waals surface area contributed by atoms with Gasteiger partial charge >= 0.3 is 6.03 Å². The van der Waals surface area contributed by atoms with Crippen molar-refractivity contribution in [3.8, 4) is 0 Å². The van der Waals surface area contributed by atoms with Gasteiger partial charge in [0.15, 0.2) is 0 Å². The van der Waals surface area contributed by atoms with E-state index in [0.29, 0.717) is 12.2 Å². The fourth-order valence-electron chi connectivity index (χ4n) is 2.49. The number of para-hydroxylation sites is 1. The highest BCUT2D eigenvalue weighted by molar-refractivity contribution is 5.93. The maximum absolute atomic E-state index is 12.7. The van der Waals surface area contributed by atoms with E-state index in [4.69, 9.17) is 0 Å². The Balaban J connectivity index is 1.98. The van der Waals surface area contributed by atoms with E-state index in [1.54, 1.807) is 35.0 Å². The van der Waals surface area contributed by atoms with Gasteiger partial charge in [0, 0.05) is 38.1 Å². The average molecular weight is 343 g/mol. The molecule has 25 heavy (non-hydrogen) atoms. The molecule has 0 aliphatic rings. The zero-order valence-corrected chi connectivity index (χ0v) is 15.1. The first-order valence-corrected chi connectivity index (χ1v) is 8.22. The molecular formula is C18H25N5O2. The van der Waals surface area contributed by atoms with Crippen molar-refractivity contribution in [1.29, 1.82) is 0 Å². The minimum atomic E-state index is -0.606. The van der Waals surface area contributed by atoms with Crippen LogP contribution in [0.1, 0.15) is 19.4 Å². The van der Waals surface area contributed by atoms with E-state index < -0.39 is 12.1 Å². The normalized spacial score (nSPS) is 11.9. The molecule has 134 valence electrons. The first-order chi connectivity index (χ1) is 11.9. The van der Waals surface area contributed by atoms with Crippen molar-refractivity contribution in [1.82, 2.24) is 20.0 Å². The largest absolute Gasteiger partial charge is 0.340 e. The molecule has 7 heteroatoms. The number of aryl methyl sites for hydroxylation is 1. The molecule has 0 aliphatic carbocycles. The average Bonchev–Trinajstić information content (AvgIpc) is 2.97. The minimum absolute atomic E-state index is 0.0367. The number of anilines is 1. The summed E-state index contributed by atoms with van der Waals surface area (Å²) >= 11 is 0. The van der Waals surface area contributed by atoms with Gasteiger partial charge in [-0.2, -0.15) is 5.10 Å². The van der Waals surface area contributed by atoms with Crippen LogP contribution in [-0.4, -0.2) is 39.7 Å². The fourth-order valence-corrected chi connectivity index (χ4v) is 2.49. The highest BCUT2D eigenvalue weighted by Gasteiger charge is 2.27. The van der Waals surface area contributed by atoms with Gasteiger partial charge in [-0.25, -0.2) is 4.79 Å². The minimum Gasteiger partial charge on any atom is -0.340 e. The van der Waals surface area contributed by atoms with E-state index in [-0.39, 0.29) is 11.8 Å². The van der Waals surface area contributed by atoms with Gasteiger partial charge in [0.25, 0.3) is 0 Å². The van der Waals surface area contributed by atoms with Crippen LogP contribution < -0.4 is 10.6 Å². The monoisotopic (exact) mass is 343 g/mol. The Labute approximate surface area is 148 Å². The van der Waals surface area contributed by atoms with E-state index in [0.717, 1.165) is 5.56 Å². The van der Waals surface area contributed by atoms with Crippen LogP contribution in [0.15, 0.2) is 42.7 Å². The second kappa shape index (κ2) is 8.32. The number of hydrogen-bond donors (Lipinski definition) is 2. The summed E-state index contributed by atoms with van der Waals surface area (Å²) in [6, 6.07) is 8.13.